The van der Waals surface area contributed by atoms with E-state index in [-0.39, 0.29) is 24.3 Å². The average molecular weight is 285 g/mol. The maximum absolute atomic E-state index is 11.9. The molecule has 0 aliphatic carbocycles. The molecule has 0 saturated carbocycles. The number of hydrogen-bond donors (Lipinski definition) is 1. The van der Waals surface area contributed by atoms with Crippen molar-refractivity contribution in [3.8, 4) is 0 Å². The summed E-state index contributed by atoms with van der Waals surface area (Å²) in [6.45, 7) is 6.95. The van der Waals surface area contributed by atoms with E-state index in [0.717, 1.165) is 38.5 Å². The first-order valence-electron chi connectivity index (χ1n) is 8.10. The largest absolute Gasteiger partial charge is 0.462 e. The predicted molar refractivity (Wildman–Crippen MR) is 80.4 cm³/mol. The molecule has 1 rings (SSSR count). The third-order valence-corrected chi connectivity index (χ3v) is 3.98. The fourth-order valence-electron chi connectivity index (χ4n) is 3.08. The zero-order valence-corrected chi connectivity index (χ0v) is 13.3. The number of carbonyl (C=O) groups excluding carboxylic acids is 1. The average Bonchev–Trinajstić information content (AvgIpc) is 2.35. The summed E-state index contributed by atoms with van der Waals surface area (Å²) in [5.74, 6) is 0.500. The van der Waals surface area contributed by atoms with Gasteiger partial charge in [0.2, 0.25) is 0 Å². The van der Waals surface area contributed by atoms with E-state index in [1.807, 2.05) is 13.8 Å². The summed E-state index contributed by atoms with van der Waals surface area (Å²) < 4.78 is 11.2. The monoisotopic (exact) mass is 285 g/mol. The number of esters is 1. The van der Waals surface area contributed by atoms with Crippen molar-refractivity contribution in [1.29, 1.82) is 0 Å². The maximum Gasteiger partial charge on any atom is 0.306 e. The van der Waals surface area contributed by atoms with Crippen LogP contribution in [0.1, 0.15) is 65.7 Å². The summed E-state index contributed by atoms with van der Waals surface area (Å²) in [6.07, 6.45) is 6.75. The van der Waals surface area contributed by atoms with Crippen LogP contribution < -0.4 is 5.73 Å². The SMILES string of the molecule is CCCC(CCN)CCC(=O)OC1CC(C)OC(C)C1. The molecule has 0 spiro atoms. The zero-order valence-electron chi connectivity index (χ0n) is 13.3. The van der Waals surface area contributed by atoms with Crippen molar-refractivity contribution >= 4 is 5.97 Å². The molecule has 0 aromatic carbocycles. The second-order valence-corrected chi connectivity index (χ2v) is 6.11. The Morgan fingerprint density at radius 2 is 1.90 bits per heavy atom. The Hall–Kier alpha value is -0.610. The van der Waals surface area contributed by atoms with Crippen LogP contribution in [0.2, 0.25) is 0 Å². The molecule has 118 valence electrons. The highest BCUT2D eigenvalue weighted by Gasteiger charge is 2.27. The van der Waals surface area contributed by atoms with Crippen LogP contribution in [0.3, 0.4) is 0 Å². The summed E-state index contributed by atoms with van der Waals surface area (Å²) in [4.78, 5) is 11.9. The molecule has 4 heteroatoms. The van der Waals surface area contributed by atoms with E-state index in [0.29, 0.717) is 18.9 Å². The molecule has 0 amide bonds. The standard InChI is InChI=1S/C16H31NO3/c1-4-5-14(8-9-17)6-7-16(18)20-15-10-12(2)19-13(3)11-15/h12-15H,4-11,17H2,1-3H3. The summed E-state index contributed by atoms with van der Waals surface area (Å²) in [7, 11) is 0. The molecule has 1 heterocycles. The van der Waals surface area contributed by atoms with E-state index in [4.69, 9.17) is 15.2 Å². The van der Waals surface area contributed by atoms with Gasteiger partial charge in [0, 0.05) is 19.3 Å². The van der Waals surface area contributed by atoms with Crippen molar-refractivity contribution in [3.63, 3.8) is 0 Å². The number of nitrogens with two attached hydrogens (primary N) is 1. The van der Waals surface area contributed by atoms with Crippen LogP contribution in [-0.2, 0) is 14.3 Å². The van der Waals surface area contributed by atoms with Gasteiger partial charge in [-0.25, -0.2) is 0 Å². The lowest BCUT2D eigenvalue weighted by molar-refractivity contribution is -0.160. The van der Waals surface area contributed by atoms with Gasteiger partial charge in [0.15, 0.2) is 0 Å². The van der Waals surface area contributed by atoms with Crippen LogP contribution in [0, 0.1) is 5.92 Å². The minimum Gasteiger partial charge on any atom is -0.462 e. The lowest BCUT2D eigenvalue weighted by Crippen LogP contribution is -2.35. The number of hydrogen-bond acceptors (Lipinski definition) is 4. The third-order valence-electron chi connectivity index (χ3n) is 3.98. The molecule has 2 N–H and O–H groups in total. The second-order valence-electron chi connectivity index (χ2n) is 6.11. The Kier molecular flexibility index (Phi) is 8.15. The molecule has 20 heavy (non-hydrogen) atoms. The molecule has 4 nitrogen and oxygen atoms in total. The van der Waals surface area contributed by atoms with Gasteiger partial charge < -0.3 is 15.2 Å². The van der Waals surface area contributed by atoms with Crippen molar-refractivity contribution in [2.75, 3.05) is 6.54 Å². The van der Waals surface area contributed by atoms with Crippen LogP contribution in [0.25, 0.3) is 0 Å². The summed E-state index contributed by atoms with van der Waals surface area (Å²) in [6, 6.07) is 0. The van der Waals surface area contributed by atoms with Gasteiger partial charge in [0.05, 0.1) is 12.2 Å². The molecule has 1 aliphatic rings. The van der Waals surface area contributed by atoms with Gasteiger partial charge in [-0.3, -0.25) is 4.79 Å². The quantitative estimate of drug-likeness (QED) is 0.696. The Labute approximate surface area is 123 Å². The Morgan fingerprint density at radius 1 is 1.25 bits per heavy atom. The van der Waals surface area contributed by atoms with Crippen LogP contribution in [0.15, 0.2) is 0 Å². The molecular weight excluding hydrogens is 254 g/mol. The van der Waals surface area contributed by atoms with Gasteiger partial charge in [0.1, 0.15) is 6.10 Å². The van der Waals surface area contributed by atoms with E-state index in [1.54, 1.807) is 0 Å². The minimum atomic E-state index is -0.0607. The third kappa shape index (κ3) is 6.71. The van der Waals surface area contributed by atoms with Crippen LogP contribution in [-0.4, -0.2) is 30.8 Å². The first-order valence-corrected chi connectivity index (χ1v) is 8.10. The maximum atomic E-state index is 11.9. The lowest BCUT2D eigenvalue weighted by atomic mass is 9.94. The van der Waals surface area contributed by atoms with Crippen LogP contribution >= 0.6 is 0 Å². The summed E-state index contributed by atoms with van der Waals surface area (Å²) in [5, 5.41) is 0. The highest BCUT2D eigenvalue weighted by atomic mass is 16.6. The first-order chi connectivity index (χ1) is 9.55. The Balaban J connectivity index is 2.28. The van der Waals surface area contributed by atoms with E-state index in [1.165, 1.54) is 0 Å². The minimum absolute atomic E-state index is 0.0281. The molecular formula is C16H31NO3. The molecule has 0 aromatic heterocycles. The normalized spacial score (nSPS) is 28.1. The van der Waals surface area contributed by atoms with Crippen molar-refractivity contribution in [2.45, 2.75) is 84.0 Å². The van der Waals surface area contributed by atoms with E-state index in [2.05, 4.69) is 6.92 Å². The smallest absolute Gasteiger partial charge is 0.306 e. The highest BCUT2D eigenvalue weighted by Crippen LogP contribution is 2.23. The molecule has 0 aromatic rings. The van der Waals surface area contributed by atoms with E-state index < -0.39 is 0 Å². The lowest BCUT2D eigenvalue weighted by Gasteiger charge is -2.31. The van der Waals surface area contributed by atoms with Gasteiger partial charge in [0.25, 0.3) is 0 Å². The van der Waals surface area contributed by atoms with E-state index in [9.17, 15) is 4.79 Å². The van der Waals surface area contributed by atoms with Crippen LogP contribution in [0.4, 0.5) is 0 Å². The van der Waals surface area contributed by atoms with Gasteiger partial charge >= 0.3 is 5.97 Å². The molecule has 1 saturated heterocycles. The summed E-state index contributed by atoms with van der Waals surface area (Å²) >= 11 is 0. The Bertz CT molecular complexity index is 267. The molecule has 0 radical (unpaired) electrons. The number of carbonyl (C=O) groups is 1. The second kappa shape index (κ2) is 9.35. The molecule has 1 aliphatic heterocycles. The highest BCUT2D eigenvalue weighted by molar-refractivity contribution is 5.69. The number of rotatable bonds is 8. The van der Waals surface area contributed by atoms with Gasteiger partial charge in [-0.1, -0.05) is 19.8 Å². The summed E-state index contributed by atoms with van der Waals surface area (Å²) in [5.41, 5.74) is 5.62. The Morgan fingerprint density at radius 3 is 2.45 bits per heavy atom. The zero-order chi connectivity index (χ0) is 15.0. The number of ether oxygens (including phenoxy) is 2. The molecule has 3 unspecified atom stereocenters. The predicted octanol–water partition coefficient (Wildman–Crippen LogP) is 3.03. The van der Waals surface area contributed by atoms with Crippen LogP contribution in [0.5, 0.6) is 0 Å². The van der Waals surface area contributed by atoms with Crippen molar-refractivity contribution in [3.05, 3.63) is 0 Å². The van der Waals surface area contributed by atoms with Crippen molar-refractivity contribution in [2.24, 2.45) is 11.7 Å². The fourth-order valence-corrected chi connectivity index (χ4v) is 3.08. The van der Waals surface area contributed by atoms with E-state index >= 15 is 0 Å². The van der Waals surface area contributed by atoms with Crippen molar-refractivity contribution in [1.82, 2.24) is 0 Å². The van der Waals surface area contributed by atoms with Gasteiger partial charge in [-0.2, -0.15) is 0 Å². The molecule has 0 bridgehead atoms. The van der Waals surface area contributed by atoms with Gasteiger partial charge in [-0.15, -0.1) is 0 Å². The van der Waals surface area contributed by atoms with Crippen molar-refractivity contribution < 1.29 is 14.3 Å². The molecule has 3 atom stereocenters. The molecule has 1 fully saturated rings. The topological polar surface area (TPSA) is 61.6 Å². The van der Waals surface area contributed by atoms with Gasteiger partial charge in [-0.05, 0) is 39.2 Å². The first kappa shape index (κ1) is 17.4. The fraction of sp³-hybridized carbons (Fsp3) is 0.938.